The number of hydrogen-bond donors (Lipinski definition) is 1. The molecule has 28 heavy (non-hydrogen) atoms. The first-order valence-corrected chi connectivity index (χ1v) is 10.4. The first-order chi connectivity index (χ1) is 13.7. The highest BCUT2D eigenvalue weighted by Gasteiger charge is 2.54. The van der Waals surface area contributed by atoms with Crippen LogP contribution in [0.5, 0.6) is 0 Å². The van der Waals surface area contributed by atoms with E-state index < -0.39 is 5.54 Å². The fourth-order valence-electron chi connectivity index (χ4n) is 4.30. The number of fused-ring (bicyclic) bond motifs is 2. The van der Waals surface area contributed by atoms with Crippen LogP contribution in [-0.4, -0.2) is 16.8 Å². The molecule has 0 saturated carbocycles. The molecule has 2 aromatic carbocycles. The Bertz CT molecular complexity index is 1040. The average Bonchev–Trinajstić information content (AvgIpc) is 3.30. The van der Waals surface area contributed by atoms with Crippen LogP contribution in [0, 0.1) is 0 Å². The van der Waals surface area contributed by atoms with E-state index in [2.05, 4.69) is 17.4 Å². The lowest BCUT2D eigenvalue weighted by molar-refractivity contribution is -0.132. The van der Waals surface area contributed by atoms with E-state index in [1.165, 1.54) is 9.78 Å². The summed E-state index contributed by atoms with van der Waals surface area (Å²) in [4.78, 5) is 28.6. The van der Waals surface area contributed by atoms with Crippen LogP contribution in [0.4, 0.5) is 4.79 Å². The third kappa shape index (κ3) is 2.66. The highest BCUT2D eigenvalue weighted by molar-refractivity contribution is 7.10. The van der Waals surface area contributed by atoms with Crippen molar-refractivity contribution >= 4 is 23.3 Å². The van der Waals surface area contributed by atoms with Gasteiger partial charge in [0.15, 0.2) is 0 Å². The normalized spacial score (nSPS) is 21.1. The van der Waals surface area contributed by atoms with E-state index in [0.717, 1.165) is 35.1 Å². The standard InChI is InChI=1S/C23H20N2O2S/c26-21-23(13-4-7-20-19(23)12-14-28-20)24-22(27)25(21)15-16-8-10-18(11-9-16)17-5-2-1-3-6-17/h1-3,5-6,8-12,14H,4,7,13,15H2,(H,24,27)/t23-/m1/s1. The molecule has 1 aromatic heterocycles. The van der Waals surface area contributed by atoms with Crippen LogP contribution in [-0.2, 0) is 23.3 Å². The summed E-state index contributed by atoms with van der Waals surface area (Å²) in [6.07, 6.45) is 2.57. The summed E-state index contributed by atoms with van der Waals surface area (Å²) in [6, 6.07) is 19.9. The number of carbonyl (C=O) groups excluding carboxylic acids is 2. The highest BCUT2D eigenvalue weighted by atomic mass is 32.1. The van der Waals surface area contributed by atoms with Crippen molar-refractivity contribution in [3.05, 3.63) is 82.0 Å². The summed E-state index contributed by atoms with van der Waals surface area (Å²) >= 11 is 1.67. The van der Waals surface area contributed by atoms with Crippen LogP contribution in [0.25, 0.3) is 11.1 Å². The molecule has 1 saturated heterocycles. The van der Waals surface area contributed by atoms with Crippen LogP contribution in [0.3, 0.4) is 0 Å². The van der Waals surface area contributed by atoms with E-state index in [-0.39, 0.29) is 11.9 Å². The molecule has 2 heterocycles. The van der Waals surface area contributed by atoms with Gasteiger partial charge in [0.1, 0.15) is 5.54 Å². The quantitative estimate of drug-likeness (QED) is 0.661. The lowest BCUT2D eigenvalue weighted by Gasteiger charge is -2.31. The smallest absolute Gasteiger partial charge is 0.319 e. The second-order valence-electron chi connectivity index (χ2n) is 7.40. The molecule has 5 heteroatoms. The second-order valence-corrected chi connectivity index (χ2v) is 8.40. The molecule has 0 bridgehead atoms. The van der Waals surface area contributed by atoms with E-state index >= 15 is 0 Å². The number of rotatable bonds is 3. The third-order valence-electron chi connectivity index (χ3n) is 5.74. The summed E-state index contributed by atoms with van der Waals surface area (Å²) < 4.78 is 0. The predicted octanol–water partition coefficient (Wildman–Crippen LogP) is 4.70. The summed E-state index contributed by atoms with van der Waals surface area (Å²) in [5.41, 5.74) is 3.34. The minimum atomic E-state index is -0.866. The second kappa shape index (κ2) is 6.60. The molecule has 0 radical (unpaired) electrons. The number of benzene rings is 2. The highest BCUT2D eigenvalue weighted by Crippen LogP contribution is 2.42. The summed E-state index contributed by atoms with van der Waals surface area (Å²) in [6.45, 7) is 0.293. The van der Waals surface area contributed by atoms with Crippen LogP contribution in [0.2, 0.25) is 0 Å². The third-order valence-corrected chi connectivity index (χ3v) is 6.72. The van der Waals surface area contributed by atoms with E-state index in [0.29, 0.717) is 13.0 Å². The molecule has 5 rings (SSSR count). The zero-order valence-electron chi connectivity index (χ0n) is 15.4. The summed E-state index contributed by atoms with van der Waals surface area (Å²) in [5, 5.41) is 5.03. The fourth-order valence-corrected chi connectivity index (χ4v) is 5.30. The Morgan fingerprint density at radius 1 is 0.964 bits per heavy atom. The zero-order chi connectivity index (χ0) is 19.1. The molecular weight excluding hydrogens is 368 g/mol. The van der Waals surface area contributed by atoms with Crippen molar-refractivity contribution in [3.8, 4) is 11.1 Å². The van der Waals surface area contributed by atoms with Gasteiger partial charge in [0.25, 0.3) is 5.91 Å². The number of imide groups is 1. The van der Waals surface area contributed by atoms with Crippen molar-refractivity contribution < 1.29 is 9.59 Å². The van der Waals surface area contributed by atoms with E-state index in [9.17, 15) is 9.59 Å². The molecule has 1 N–H and O–H groups in total. The fraction of sp³-hybridized carbons (Fsp3) is 0.217. The minimum absolute atomic E-state index is 0.121. The summed E-state index contributed by atoms with van der Waals surface area (Å²) in [7, 11) is 0. The van der Waals surface area contributed by atoms with Crippen LogP contribution in [0.1, 0.15) is 28.8 Å². The number of carbonyl (C=O) groups is 2. The minimum Gasteiger partial charge on any atom is -0.319 e. The maximum atomic E-state index is 13.3. The van der Waals surface area contributed by atoms with Crippen molar-refractivity contribution in [2.75, 3.05) is 0 Å². The Labute approximate surface area is 167 Å². The molecule has 4 nitrogen and oxygen atoms in total. The van der Waals surface area contributed by atoms with E-state index in [4.69, 9.17) is 0 Å². The van der Waals surface area contributed by atoms with Gasteiger partial charge in [-0.15, -0.1) is 11.3 Å². The summed E-state index contributed by atoms with van der Waals surface area (Å²) in [5.74, 6) is -0.121. The number of nitrogens with zero attached hydrogens (tertiary/aromatic N) is 1. The van der Waals surface area contributed by atoms with Gasteiger partial charge in [-0.25, -0.2) is 4.79 Å². The van der Waals surface area contributed by atoms with Gasteiger partial charge in [0.2, 0.25) is 0 Å². The first-order valence-electron chi connectivity index (χ1n) is 9.53. The molecule has 0 unspecified atom stereocenters. The number of thiophene rings is 1. The molecule has 1 aliphatic heterocycles. The number of nitrogens with one attached hydrogen (secondary N) is 1. The van der Waals surface area contributed by atoms with Gasteiger partial charge in [-0.2, -0.15) is 0 Å². The van der Waals surface area contributed by atoms with Crippen LogP contribution >= 0.6 is 11.3 Å². The lowest BCUT2D eigenvalue weighted by atomic mass is 9.80. The van der Waals surface area contributed by atoms with E-state index in [1.54, 1.807) is 11.3 Å². The molecule has 3 aromatic rings. The van der Waals surface area contributed by atoms with Crippen molar-refractivity contribution in [3.63, 3.8) is 0 Å². The monoisotopic (exact) mass is 388 g/mol. The Kier molecular flexibility index (Phi) is 4.05. The van der Waals surface area contributed by atoms with Gasteiger partial charge in [0.05, 0.1) is 6.54 Å². The van der Waals surface area contributed by atoms with Gasteiger partial charge in [-0.1, -0.05) is 54.6 Å². The van der Waals surface area contributed by atoms with Crippen LogP contribution < -0.4 is 5.32 Å². The molecule has 140 valence electrons. The Balaban J connectivity index is 1.40. The molecule has 3 amide bonds. The van der Waals surface area contributed by atoms with Gasteiger partial charge in [-0.3, -0.25) is 9.69 Å². The molecule has 1 spiro atoms. The topological polar surface area (TPSA) is 49.4 Å². The largest absolute Gasteiger partial charge is 0.325 e. The van der Waals surface area contributed by atoms with Crippen molar-refractivity contribution in [2.45, 2.75) is 31.3 Å². The molecule has 1 aliphatic carbocycles. The van der Waals surface area contributed by atoms with Crippen molar-refractivity contribution in [1.82, 2.24) is 10.2 Å². The maximum Gasteiger partial charge on any atom is 0.325 e. The number of urea groups is 1. The van der Waals surface area contributed by atoms with E-state index in [1.807, 2.05) is 53.9 Å². The number of hydrogen-bond acceptors (Lipinski definition) is 3. The van der Waals surface area contributed by atoms with Gasteiger partial charge in [0, 0.05) is 10.4 Å². The Morgan fingerprint density at radius 3 is 2.50 bits per heavy atom. The molecule has 1 fully saturated rings. The van der Waals surface area contributed by atoms with Crippen molar-refractivity contribution in [1.29, 1.82) is 0 Å². The molecule has 2 aliphatic rings. The van der Waals surface area contributed by atoms with Gasteiger partial charge >= 0.3 is 6.03 Å². The predicted molar refractivity (Wildman–Crippen MR) is 110 cm³/mol. The number of aryl methyl sites for hydroxylation is 1. The Hall–Kier alpha value is -2.92. The van der Waals surface area contributed by atoms with Gasteiger partial charge < -0.3 is 5.32 Å². The Morgan fingerprint density at radius 2 is 1.71 bits per heavy atom. The molecular formula is C23H20N2O2S. The van der Waals surface area contributed by atoms with Crippen molar-refractivity contribution in [2.24, 2.45) is 0 Å². The van der Waals surface area contributed by atoms with Crippen LogP contribution in [0.15, 0.2) is 66.0 Å². The lowest BCUT2D eigenvalue weighted by Crippen LogP contribution is -2.46. The average molecular weight is 388 g/mol. The van der Waals surface area contributed by atoms with Gasteiger partial charge in [-0.05, 0) is 47.4 Å². The maximum absolute atomic E-state index is 13.3. The SMILES string of the molecule is O=C1N[C@@]2(CCCc3sccc32)C(=O)N1Cc1ccc(-c2ccccc2)cc1. The number of amides is 3. The molecule has 1 atom stereocenters. The first kappa shape index (κ1) is 17.2. The zero-order valence-corrected chi connectivity index (χ0v) is 16.2.